The van der Waals surface area contributed by atoms with Gasteiger partial charge >= 0.3 is 0 Å². The molecule has 1 aliphatic carbocycles. The SMILES string of the molecule is CC(=O)C(C(C)=O)C1C(c2ccccc2)=Cc2ccccc21. The van der Waals surface area contributed by atoms with Crippen molar-refractivity contribution in [1.29, 1.82) is 0 Å². The Morgan fingerprint density at radius 2 is 1.45 bits per heavy atom. The van der Waals surface area contributed by atoms with E-state index in [1.54, 1.807) is 0 Å². The average molecular weight is 290 g/mol. The third-order valence-corrected chi connectivity index (χ3v) is 4.29. The molecule has 0 N–H and O–H groups in total. The molecule has 0 radical (unpaired) electrons. The Labute approximate surface area is 130 Å². The second-order valence-electron chi connectivity index (χ2n) is 5.77. The molecule has 22 heavy (non-hydrogen) atoms. The minimum atomic E-state index is -0.616. The monoisotopic (exact) mass is 290 g/mol. The number of benzene rings is 2. The van der Waals surface area contributed by atoms with E-state index < -0.39 is 5.92 Å². The maximum absolute atomic E-state index is 12.1. The van der Waals surface area contributed by atoms with Crippen LogP contribution in [-0.2, 0) is 9.59 Å². The lowest BCUT2D eigenvalue weighted by atomic mass is 9.77. The van der Waals surface area contributed by atoms with Crippen molar-refractivity contribution in [2.45, 2.75) is 19.8 Å². The molecule has 0 saturated carbocycles. The standard InChI is InChI=1S/C20H18O2/c1-13(21)19(14(2)22)20-17-11-7-6-10-16(17)12-18(20)15-8-4-3-5-9-15/h3-12,19-20H,1-2H3. The van der Waals surface area contributed by atoms with Gasteiger partial charge in [-0.05, 0) is 36.1 Å². The minimum Gasteiger partial charge on any atom is -0.299 e. The number of ketones is 2. The van der Waals surface area contributed by atoms with Gasteiger partial charge in [0.2, 0.25) is 0 Å². The summed E-state index contributed by atoms with van der Waals surface area (Å²) in [5.74, 6) is -0.948. The Kier molecular flexibility index (Phi) is 3.76. The normalized spacial score (nSPS) is 16.3. The van der Waals surface area contributed by atoms with Crippen LogP contribution in [0, 0.1) is 5.92 Å². The van der Waals surface area contributed by atoms with Crippen LogP contribution in [-0.4, -0.2) is 11.6 Å². The highest BCUT2D eigenvalue weighted by Gasteiger charge is 2.37. The van der Waals surface area contributed by atoms with Crippen LogP contribution in [0.4, 0.5) is 0 Å². The fourth-order valence-corrected chi connectivity index (χ4v) is 3.36. The Balaban J connectivity index is 2.17. The van der Waals surface area contributed by atoms with Gasteiger partial charge in [0, 0.05) is 5.92 Å². The zero-order valence-corrected chi connectivity index (χ0v) is 12.7. The number of rotatable bonds is 4. The lowest BCUT2D eigenvalue weighted by molar-refractivity contribution is -0.130. The molecule has 2 aromatic carbocycles. The summed E-state index contributed by atoms with van der Waals surface area (Å²) in [5.41, 5.74) is 4.28. The van der Waals surface area contributed by atoms with Gasteiger partial charge in [0.15, 0.2) is 0 Å². The van der Waals surface area contributed by atoms with Crippen LogP contribution in [0.15, 0.2) is 54.6 Å². The van der Waals surface area contributed by atoms with Crippen molar-refractivity contribution in [1.82, 2.24) is 0 Å². The van der Waals surface area contributed by atoms with Gasteiger partial charge in [-0.3, -0.25) is 9.59 Å². The summed E-state index contributed by atoms with van der Waals surface area (Å²) in [6, 6.07) is 18.0. The number of hydrogen-bond acceptors (Lipinski definition) is 2. The van der Waals surface area contributed by atoms with E-state index in [1.807, 2.05) is 54.6 Å². The first-order chi connectivity index (χ1) is 10.6. The van der Waals surface area contributed by atoms with E-state index in [0.29, 0.717) is 0 Å². The molecule has 3 rings (SSSR count). The van der Waals surface area contributed by atoms with Gasteiger partial charge in [0.1, 0.15) is 11.6 Å². The van der Waals surface area contributed by atoms with Crippen molar-refractivity contribution in [3.63, 3.8) is 0 Å². The molecule has 0 fully saturated rings. The number of carbonyl (C=O) groups excluding carboxylic acids is 2. The first-order valence-corrected chi connectivity index (χ1v) is 7.46. The van der Waals surface area contributed by atoms with Crippen molar-refractivity contribution in [2.75, 3.05) is 0 Å². The molecule has 0 saturated heterocycles. The van der Waals surface area contributed by atoms with Crippen LogP contribution >= 0.6 is 0 Å². The average Bonchev–Trinajstić information content (AvgIpc) is 2.87. The minimum absolute atomic E-state index is 0.0731. The molecule has 0 heterocycles. The molecule has 110 valence electrons. The van der Waals surface area contributed by atoms with E-state index in [2.05, 4.69) is 6.08 Å². The smallest absolute Gasteiger partial charge is 0.141 e. The van der Waals surface area contributed by atoms with Crippen molar-refractivity contribution < 1.29 is 9.59 Å². The number of allylic oxidation sites excluding steroid dienone is 1. The molecule has 1 aliphatic rings. The fourth-order valence-electron chi connectivity index (χ4n) is 3.36. The number of Topliss-reactive ketones (excluding diaryl/α,β-unsaturated/α-hetero) is 2. The highest BCUT2D eigenvalue weighted by atomic mass is 16.1. The molecule has 2 heteroatoms. The Morgan fingerprint density at radius 1 is 0.864 bits per heavy atom. The molecule has 0 aromatic heterocycles. The lowest BCUT2D eigenvalue weighted by Crippen LogP contribution is -2.27. The van der Waals surface area contributed by atoms with Gasteiger partial charge in [-0.1, -0.05) is 60.7 Å². The predicted molar refractivity (Wildman–Crippen MR) is 88.3 cm³/mol. The quantitative estimate of drug-likeness (QED) is 0.794. The zero-order valence-electron chi connectivity index (χ0n) is 12.7. The summed E-state index contributed by atoms with van der Waals surface area (Å²) in [4.78, 5) is 24.2. The van der Waals surface area contributed by atoms with Gasteiger partial charge in [-0.2, -0.15) is 0 Å². The highest BCUT2D eigenvalue weighted by Crippen LogP contribution is 2.46. The van der Waals surface area contributed by atoms with Gasteiger partial charge in [-0.15, -0.1) is 0 Å². The maximum atomic E-state index is 12.1. The first-order valence-electron chi connectivity index (χ1n) is 7.46. The molecule has 0 aliphatic heterocycles. The first kappa shape index (κ1) is 14.5. The van der Waals surface area contributed by atoms with Gasteiger partial charge in [-0.25, -0.2) is 0 Å². The highest BCUT2D eigenvalue weighted by molar-refractivity contribution is 6.06. The van der Waals surface area contributed by atoms with Crippen LogP contribution in [0.2, 0.25) is 0 Å². The van der Waals surface area contributed by atoms with Crippen molar-refractivity contribution in [3.8, 4) is 0 Å². The van der Waals surface area contributed by atoms with E-state index in [9.17, 15) is 9.59 Å². The van der Waals surface area contributed by atoms with E-state index in [0.717, 1.165) is 22.3 Å². The summed E-state index contributed by atoms with van der Waals surface area (Å²) in [6.07, 6.45) is 2.11. The van der Waals surface area contributed by atoms with Crippen molar-refractivity contribution in [3.05, 3.63) is 71.3 Å². The molecule has 0 spiro atoms. The topological polar surface area (TPSA) is 34.1 Å². The summed E-state index contributed by atoms with van der Waals surface area (Å²) >= 11 is 0. The summed E-state index contributed by atoms with van der Waals surface area (Å²) in [6.45, 7) is 3.02. The third kappa shape index (κ3) is 2.41. The second-order valence-corrected chi connectivity index (χ2v) is 5.77. The van der Waals surface area contributed by atoms with Crippen LogP contribution in [0.5, 0.6) is 0 Å². The maximum Gasteiger partial charge on any atom is 0.141 e. The fraction of sp³-hybridized carbons (Fsp3) is 0.200. The third-order valence-electron chi connectivity index (χ3n) is 4.29. The molecule has 2 aromatic rings. The largest absolute Gasteiger partial charge is 0.299 e. The number of fused-ring (bicyclic) bond motifs is 1. The van der Waals surface area contributed by atoms with E-state index in [-0.39, 0.29) is 17.5 Å². The van der Waals surface area contributed by atoms with Crippen LogP contribution in [0.1, 0.15) is 36.5 Å². The van der Waals surface area contributed by atoms with Crippen molar-refractivity contribution >= 4 is 23.2 Å². The van der Waals surface area contributed by atoms with Gasteiger partial charge < -0.3 is 0 Å². The molecular formula is C20H18O2. The molecular weight excluding hydrogens is 272 g/mol. The van der Waals surface area contributed by atoms with Gasteiger partial charge in [0.25, 0.3) is 0 Å². The van der Waals surface area contributed by atoms with E-state index in [1.165, 1.54) is 13.8 Å². The van der Waals surface area contributed by atoms with Crippen molar-refractivity contribution in [2.24, 2.45) is 5.92 Å². The second kappa shape index (κ2) is 5.72. The van der Waals surface area contributed by atoms with Crippen LogP contribution in [0.25, 0.3) is 11.6 Å². The Bertz CT molecular complexity index is 742. The molecule has 0 bridgehead atoms. The molecule has 1 unspecified atom stereocenters. The van der Waals surface area contributed by atoms with Gasteiger partial charge in [0.05, 0.1) is 5.92 Å². The summed E-state index contributed by atoms with van der Waals surface area (Å²) in [7, 11) is 0. The van der Waals surface area contributed by atoms with E-state index >= 15 is 0 Å². The Morgan fingerprint density at radius 3 is 2.09 bits per heavy atom. The molecule has 0 amide bonds. The zero-order chi connectivity index (χ0) is 15.7. The Hall–Kier alpha value is -2.48. The van der Waals surface area contributed by atoms with Crippen LogP contribution < -0.4 is 0 Å². The van der Waals surface area contributed by atoms with E-state index in [4.69, 9.17) is 0 Å². The summed E-state index contributed by atoms with van der Waals surface area (Å²) < 4.78 is 0. The summed E-state index contributed by atoms with van der Waals surface area (Å²) in [5, 5.41) is 0. The molecule has 1 atom stereocenters. The lowest BCUT2D eigenvalue weighted by Gasteiger charge is -2.23. The number of hydrogen-bond donors (Lipinski definition) is 0. The number of carbonyl (C=O) groups is 2. The predicted octanol–water partition coefficient (Wildman–Crippen LogP) is 4.12. The van der Waals surface area contributed by atoms with Crippen LogP contribution in [0.3, 0.4) is 0 Å². The molecule has 2 nitrogen and oxygen atoms in total.